The Morgan fingerprint density at radius 1 is 1.07 bits per heavy atom. The van der Waals surface area contributed by atoms with Crippen LogP contribution in [0, 0.1) is 6.92 Å². The molecule has 0 unspecified atom stereocenters. The van der Waals surface area contributed by atoms with Gasteiger partial charge in [-0.1, -0.05) is 6.42 Å². The molecule has 3 rings (SSSR count). The van der Waals surface area contributed by atoms with Crippen molar-refractivity contribution in [2.24, 2.45) is 0 Å². The maximum absolute atomic E-state index is 4.50. The Kier molecular flexibility index (Phi) is 2.01. The van der Waals surface area contributed by atoms with Crippen LogP contribution >= 0.6 is 0 Å². The zero-order valence-electron chi connectivity index (χ0n) is 9.14. The summed E-state index contributed by atoms with van der Waals surface area (Å²) < 4.78 is 0. The largest absolute Gasteiger partial charge is 0.342 e. The van der Waals surface area contributed by atoms with Crippen molar-refractivity contribution in [3.8, 4) is 0 Å². The van der Waals surface area contributed by atoms with Crippen molar-refractivity contribution in [3.05, 3.63) is 29.1 Å². The van der Waals surface area contributed by atoms with Crippen LogP contribution in [0.2, 0.25) is 0 Å². The molecular formula is C13H16N2. The number of fused-ring (bicyclic) bond motifs is 2. The van der Waals surface area contributed by atoms with E-state index in [0.29, 0.717) is 0 Å². The van der Waals surface area contributed by atoms with E-state index in [1.54, 1.807) is 0 Å². The van der Waals surface area contributed by atoms with Crippen molar-refractivity contribution in [2.45, 2.75) is 39.0 Å². The van der Waals surface area contributed by atoms with Gasteiger partial charge in [-0.15, -0.1) is 0 Å². The van der Waals surface area contributed by atoms with Crippen LogP contribution < -0.4 is 0 Å². The first kappa shape index (κ1) is 8.96. The molecule has 2 heteroatoms. The van der Waals surface area contributed by atoms with Crippen molar-refractivity contribution in [1.29, 1.82) is 0 Å². The third-order valence-electron chi connectivity index (χ3n) is 3.31. The number of benzene rings is 1. The van der Waals surface area contributed by atoms with Crippen molar-refractivity contribution in [3.63, 3.8) is 0 Å². The number of aryl methyl sites for hydroxylation is 3. The molecule has 2 aromatic rings. The summed E-state index contributed by atoms with van der Waals surface area (Å²) in [5, 5.41) is 0. The number of hydrogen-bond acceptors (Lipinski definition) is 1. The first-order valence-corrected chi connectivity index (χ1v) is 5.81. The molecule has 0 fully saturated rings. The van der Waals surface area contributed by atoms with E-state index >= 15 is 0 Å². The van der Waals surface area contributed by atoms with Gasteiger partial charge in [0.05, 0.1) is 11.0 Å². The molecule has 1 aliphatic carbocycles. The standard InChI is InChI=1S/C13H16N2/c1-9-14-12-7-10-5-3-2-4-6-11(10)8-13(12)15-9/h7-8H,2-6H2,1H3,(H,14,15). The smallest absolute Gasteiger partial charge is 0.104 e. The topological polar surface area (TPSA) is 28.7 Å². The number of aromatic nitrogens is 2. The Hall–Kier alpha value is -1.31. The molecule has 0 saturated carbocycles. The molecule has 0 spiro atoms. The van der Waals surface area contributed by atoms with Gasteiger partial charge in [0.1, 0.15) is 5.82 Å². The minimum absolute atomic E-state index is 1.02. The molecule has 1 N–H and O–H groups in total. The van der Waals surface area contributed by atoms with E-state index in [1.807, 2.05) is 6.92 Å². The van der Waals surface area contributed by atoms with E-state index in [2.05, 4.69) is 22.1 Å². The van der Waals surface area contributed by atoms with Gasteiger partial charge in [-0.05, 0) is 55.9 Å². The quantitative estimate of drug-likeness (QED) is 0.650. The molecule has 0 atom stereocenters. The minimum atomic E-state index is 1.02. The van der Waals surface area contributed by atoms with Gasteiger partial charge in [-0.2, -0.15) is 0 Å². The van der Waals surface area contributed by atoms with Crippen molar-refractivity contribution >= 4 is 11.0 Å². The lowest BCUT2D eigenvalue weighted by atomic mass is 10.0. The van der Waals surface area contributed by atoms with Crippen molar-refractivity contribution in [1.82, 2.24) is 9.97 Å². The highest BCUT2D eigenvalue weighted by Gasteiger charge is 2.10. The number of imidazole rings is 1. The highest BCUT2D eigenvalue weighted by Crippen LogP contribution is 2.24. The SMILES string of the molecule is Cc1nc2cc3c(cc2[nH]1)CCCCC3. The van der Waals surface area contributed by atoms with Crippen LogP contribution in [0.5, 0.6) is 0 Å². The molecule has 78 valence electrons. The summed E-state index contributed by atoms with van der Waals surface area (Å²) in [6.45, 7) is 2.02. The Morgan fingerprint density at radius 3 is 2.60 bits per heavy atom. The molecule has 0 amide bonds. The van der Waals surface area contributed by atoms with Gasteiger partial charge in [0.15, 0.2) is 0 Å². The normalized spacial score (nSPS) is 16.3. The predicted octanol–water partition coefficient (Wildman–Crippen LogP) is 3.14. The second kappa shape index (κ2) is 3.37. The van der Waals surface area contributed by atoms with E-state index in [0.717, 1.165) is 11.3 Å². The monoisotopic (exact) mass is 200 g/mol. The fraction of sp³-hybridized carbons (Fsp3) is 0.462. The van der Waals surface area contributed by atoms with Crippen molar-refractivity contribution < 1.29 is 0 Å². The third kappa shape index (κ3) is 1.54. The van der Waals surface area contributed by atoms with Gasteiger partial charge in [-0.25, -0.2) is 4.98 Å². The zero-order valence-corrected chi connectivity index (χ0v) is 9.14. The van der Waals surface area contributed by atoms with Crippen LogP contribution in [0.25, 0.3) is 11.0 Å². The average molecular weight is 200 g/mol. The summed E-state index contributed by atoms with van der Waals surface area (Å²) in [7, 11) is 0. The maximum Gasteiger partial charge on any atom is 0.104 e. The summed E-state index contributed by atoms with van der Waals surface area (Å²) in [5.74, 6) is 1.02. The van der Waals surface area contributed by atoms with Gasteiger partial charge in [0, 0.05) is 0 Å². The first-order valence-electron chi connectivity index (χ1n) is 5.81. The highest BCUT2D eigenvalue weighted by atomic mass is 14.9. The van der Waals surface area contributed by atoms with Gasteiger partial charge >= 0.3 is 0 Å². The van der Waals surface area contributed by atoms with Crippen LogP contribution in [0.3, 0.4) is 0 Å². The summed E-state index contributed by atoms with van der Waals surface area (Å²) in [6, 6.07) is 4.58. The number of hydrogen-bond donors (Lipinski definition) is 1. The van der Waals surface area contributed by atoms with Gasteiger partial charge in [0.25, 0.3) is 0 Å². The second-order valence-corrected chi connectivity index (χ2v) is 4.52. The lowest BCUT2D eigenvalue weighted by Gasteiger charge is -2.04. The molecular weight excluding hydrogens is 184 g/mol. The molecule has 2 nitrogen and oxygen atoms in total. The Labute approximate surface area is 89.7 Å². The van der Waals surface area contributed by atoms with Crippen LogP contribution in [0.15, 0.2) is 12.1 Å². The van der Waals surface area contributed by atoms with E-state index in [9.17, 15) is 0 Å². The van der Waals surface area contributed by atoms with E-state index in [1.165, 1.54) is 48.7 Å². The van der Waals surface area contributed by atoms with E-state index in [-0.39, 0.29) is 0 Å². The molecule has 0 radical (unpaired) electrons. The number of rotatable bonds is 0. The second-order valence-electron chi connectivity index (χ2n) is 4.52. The van der Waals surface area contributed by atoms with Gasteiger partial charge < -0.3 is 4.98 Å². The number of nitrogens with one attached hydrogen (secondary N) is 1. The first-order chi connectivity index (χ1) is 7.33. The lowest BCUT2D eigenvalue weighted by Crippen LogP contribution is -1.90. The predicted molar refractivity (Wildman–Crippen MR) is 62.1 cm³/mol. The number of nitrogens with zero attached hydrogens (tertiary/aromatic N) is 1. The zero-order chi connectivity index (χ0) is 10.3. The molecule has 0 saturated heterocycles. The lowest BCUT2D eigenvalue weighted by molar-refractivity contribution is 0.711. The van der Waals surface area contributed by atoms with Gasteiger partial charge in [-0.3, -0.25) is 0 Å². The van der Waals surface area contributed by atoms with E-state index < -0.39 is 0 Å². The molecule has 1 aromatic heterocycles. The Bertz CT molecular complexity index is 453. The van der Waals surface area contributed by atoms with Crippen LogP contribution in [-0.2, 0) is 12.8 Å². The van der Waals surface area contributed by atoms with Crippen LogP contribution in [0.4, 0.5) is 0 Å². The third-order valence-corrected chi connectivity index (χ3v) is 3.31. The number of H-pyrrole nitrogens is 1. The summed E-state index contributed by atoms with van der Waals surface area (Å²) in [4.78, 5) is 7.81. The van der Waals surface area contributed by atoms with Crippen LogP contribution in [-0.4, -0.2) is 9.97 Å². The highest BCUT2D eigenvalue weighted by molar-refractivity contribution is 5.77. The summed E-state index contributed by atoms with van der Waals surface area (Å²) in [5.41, 5.74) is 5.39. The fourth-order valence-electron chi connectivity index (χ4n) is 2.55. The van der Waals surface area contributed by atoms with Gasteiger partial charge in [0.2, 0.25) is 0 Å². The molecule has 1 heterocycles. The summed E-state index contributed by atoms with van der Waals surface area (Å²) >= 11 is 0. The Balaban J connectivity index is 2.19. The average Bonchev–Trinajstić information content (AvgIpc) is 2.44. The fourth-order valence-corrected chi connectivity index (χ4v) is 2.55. The summed E-state index contributed by atoms with van der Waals surface area (Å²) in [6.07, 6.45) is 6.52. The molecule has 15 heavy (non-hydrogen) atoms. The van der Waals surface area contributed by atoms with Crippen molar-refractivity contribution in [2.75, 3.05) is 0 Å². The van der Waals surface area contributed by atoms with Crippen LogP contribution in [0.1, 0.15) is 36.2 Å². The van der Waals surface area contributed by atoms with E-state index in [4.69, 9.17) is 0 Å². The minimum Gasteiger partial charge on any atom is -0.342 e. The maximum atomic E-state index is 4.50. The molecule has 0 bridgehead atoms. The Morgan fingerprint density at radius 2 is 1.80 bits per heavy atom. The molecule has 1 aromatic carbocycles. The number of aromatic amines is 1. The molecule has 0 aliphatic heterocycles. The molecule has 1 aliphatic rings.